The van der Waals surface area contributed by atoms with Gasteiger partial charge in [-0.15, -0.1) is 10.2 Å². The lowest BCUT2D eigenvalue weighted by atomic mass is 10.0. The van der Waals surface area contributed by atoms with Gasteiger partial charge in [0.15, 0.2) is 6.10 Å². The Morgan fingerprint density at radius 1 is 0.828 bits per heavy atom. The molecule has 1 heterocycles. The van der Waals surface area contributed by atoms with Crippen molar-refractivity contribution >= 4 is 5.97 Å². The lowest BCUT2D eigenvalue weighted by Crippen LogP contribution is -2.11. The molecule has 29 heavy (non-hydrogen) atoms. The van der Waals surface area contributed by atoms with Crippen molar-refractivity contribution in [3.63, 3.8) is 0 Å². The molecule has 0 saturated heterocycles. The van der Waals surface area contributed by atoms with Gasteiger partial charge in [0, 0.05) is 5.56 Å². The molecule has 0 N–H and O–H groups in total. The Kier molecular flexibility index (Phi) is 5.47. The number of aromatic nitrogens is 2. The SMILES string of the molecule is CC(OC(=O)Cc1ccc(-c2ccccc2)cc1)c1nnc(-c2ccccc2)o1. The minimum absolute atomic E-state index is 0.180. The van der Waals surface area contributed by atoms with E-state index in [0.717, 1.165) is 22.3 Å². The standard InChI is InChI=1S/C24H20N2O3/c1-17(23-25-26-24(29-23)21-10-6-3-7-11-21)28-22(27)16-18-12-14-20(15-13-18)19-8-4-2-5-9-19/h2-15,17H,16H2,1H3. The number of ether oxygens (including phenoxy) is 1. The fraction of sp³-hybridized carbons (Fsp3) is 0.125. The summed E-state index contributed by atoms with van der Waals surface area (Å²) in [5, 5.41) is 8.03. The van der Waals surface area contributed by atoms with Crippen LogP contribution in [0.1, 0.15) is 24.5 Å². The highest BCUT2D eigenvalue weighted by Gasteiger charge is 2.19. The van der Waals surface area contributed by atoms with Crippen LogP contribution >= 0.6 is 0 Å². The summed E-state index contributed by atoms with van der Waals surface area (Å²) in [5.41, 5.74) is 3.96. The fourth-order valence-electron chi connectivity index (χ4n) is 3.00. The van der Waals surface area contributed by atoms with E-state index in [0.29, 0.717) is 5.89 Å². The van der Waals surface area contributed by atoms with E-state index in [4.69, 9.17) is 9.15 Å². The molecule has 1 atom stereocenters. The molecule has 0 aliphatic carbocycles. The Labute approximate surface area is 169 Å². The monoisotopic (exact) mass is 384 g/mol. The van der Waals surface area contributed by atoms with Crippen LogP contribution in [0.4, 0.5) is 0 Å². The maximum atomic E-state index is 12.3. The molecule has 3 aromatic carbocycles. The third-order valence-corrected chi connectivity index (χ3v) is 4.53. The number of carbonyl (C=O) groups is 1. The van der Waals surface area contributed by atoms with Crippen molar-refractivity contribution in [2.24, 2.45) is 0 Å². The lowest BCUT2D eigenvalue weighted by molar-refractivity contribution is -0.148. The zero-order chi connectivity index (χ0) is 20.1. The van der Waals surface area contributed by atoms with Crippen LogP contribution in [0.2, 0.25) is 0 Å². The summed E-state index contributed by atoms with van der Waals surface area (Å²) in [4.78, 5) is 12.3. The number of carbonyl (C=O) groups excluding carboxylic acids is 1. The third-order valence-electron chi connectivity index (χ3n) is 4.53. The summed E-state index contributed by atoms with van der Waals surface area (Å²) in [6, 6.07) is 27.5. The summed E-state index contributed by atoms with van der Waals surface area (Å²) < 4.78 is 11.1. The summed E-state index contributed by atoms with van der Waals surface area (Å²) in [6.07, 6.45) is -0.435. The van der Waals surface area contributed by atoms with Gasteiger partial charge in [0.2, 0.25) is 5.89 Å². The van der Waals surface area contributed by atoms with E-state index in [-0.39, 0.29) is 18.3 Å². The van der Waals surface area contributed by atoms with Gasteiger partial charge in [-0.2, -0.15) is 0 Å². The molecule has 0 bridgehead atoms. The van der Waals surface area contributed by atoms with Crippen LogP contribution < -0.4 is 0 Å². The quantitative estimate of drug-likeness (QED) is 0.425. The van der Waals surface area contributed by atoms with E-state index in [9.17, 15) is 4.79 Å². The Morgan fingerprint density at radius 2 is 1.41 bits per heavy atom. The van der Waals surface area contributed by atoms with E-state index in [1.165, 1.54) is 0 Å². The van der Waals surface area contributed by atoms with Crippen molar-refractivity contribution in [1.29, 1.82) is 0 Å². The highest BCUT2D eigenvalue weighted by atomic mass is 16.6. The predicted octanol–water partition coefficient (Wildman–Crippen LogP) is 5.25. The second-order valence-electron chi connectivity index (χ2n) is 6.68. The number of nitrogens with zero attached hydrogens (tertiary/aromatic N) is 2. The van der Waals surface area contributed by atoms with Gasteiger partial charge in [0.25, 0.3) is 5.89 Å². The molecule has 5 heteroatoms. The van der Waals surface area contributed by atoms with Gasteiger partial charge in [-0.1, -0.05) is 72.8 Å². The number of hydrogen-bond donors (Lipinski definition) is 0. The van der Waals surface area contributed by atoms with Crippen molar-refractivity contribution < 1.29 is 13.9 Å². The van der Waals surface area contributed by atoms with Crippen molar-refractivity contribution in [2.45, 2.75) is 19.4 Å². The van der Waals surface area contributed by atoms with Crippen LogP contribution in [0, 0.1) is 0 Å². The first-order chi connectivity index (χ1) is 14.2. The molecule has 0 amide bonds. The Hall–Kier alpha value is -3.73. The lowest BCUT2D eigenvalue weighted by Gasteiger charge is -2.10. The van der Waals surface area contributed by atoms with Crippen molar-refractivity contribution in [2.75, 3.05) is 0 Å². The van der Waals surface area contributed by atoms with Gasteiger partial charge in [-0.3, -0.25) is 4.79 Å². The summed E-state index contributed by atoms with van der Waals surface area (Å²) in [6.45, 7) is 1.72. The molecule has 144 valence electrons. The molecule has 1 aromatic heterocycles. The molecular formula is C24H20N2O3. The third kappa shape index (κ3) is 4.58. The predicted molar refractivity (Wildman–Crippen MR) is 110 cm³/mol. The van der Waals surface area contributed by atoms with Crippen LogP contribution in [-0.2, 0) is 16.0 Å². The number of rotatable bonds is 6. The molecule has 0 radical (unpaired) electrons. The minimum atomic E-state index is -0.615. The van der Waals surface area contributed by atoms with Crippen LogP contribution in [0.15, 0.2) is 89.3 Å². The van der Waals surface area contributed by atoms with Crippen LogP contribution in [-0.4, -0.2) is 16.2 Å². The van der Waals surface area contributed by atoms with E-state index in [2.05, 4.69) is 22.3 Å². The molecule has 0 saturated carbocycles. The summed E-state index contributed by atoms with van der Waals surface area (Å²) in [7, 11) is 0. The Morgan fingerprint density at radius 3 is 2.07 bits per heavy atom. The molecule has 1 unspecified atom stereocenters. The van der Waals surface area contributed by atoms with Gasteiger partial charge >= 0.3 is 5.97 Å². The minimum Gasteiger partial charge on any atom is -0.452 e. The van der Waals surface area contributed by atoms with E-state index < -0.39 is 6.10 Å². The summed E-state index contributed by atoms with van der Waals surface area (Å²) in [5.74, 6) is 0.334. The zero-order valence-corrected chi connectivity index (χ0v) is 16.0. The van der Waals surface area contributed by atoms with E-state index in [1.54, 1.807) is 6.92 Å². The van der Waals surface area contributed by atoms with Crippen molar-refractivity contribution in [3.05, 3.63) is 96.4 Å². The molecule has 4 rings (SSSR count). The smallest absolute Gasteiger partial charge is 0.311 e. The number of hydrogen-bond acceptors (Lipinski definition) is 5. The Bertz CT molecular complexity index is 1070. The second-order valence-corrected chi connectivity index (χ2v) is 6.68. The van der Waals surface area contributed by atoms with Crippen LogP contribution in [0.3, 0.4) is 0 Å². The average molecular weight is 384 g/mol. The molecule has 0 fully saturated rings. The van der Waals surface area contributed by atoms with Gasteiger partial charge in [0.1, 0.15) is 0 Å². The normalized spacial score (nSPS) is 11.8. The first kappa shape index (κ1) is 18.6. The highest BCUT2D eigenvalue weighted by molar-refractivity contribution is 5.73. The van der Waals surface area contributed by atoms with Crippen LogP contribution in [0.5, 0.6) is 0 Å². The first-order valence-electron chi connectivity index (χ1n) is 9.42. The van der Waals surface area contributed by atoms with Gasteiger partial charge in [-0.25, -0.2) is 0 Å². The molecule has 0 aliphatic heterocycles. The topological polar surface area (TPSA) is 65.2 Å². The van der Waals surface area contributed by atoms with E-state index >= 15 is 0 Å². The van der Waals surface area contributed by atoms with Crippen molar-refractivity contribution in [1.82, 2.24) is 10.2 Å². The van der Waals surface area contributed by atoms with Gasteiger partial charge in [0.05, 0.1) is 6.42 Å². The molecule has 0 spiro atoms. The highest BCUT2D eigenvalue weighted by Crippen LogP contribution is 2.23. The molecule has 0 aliphatic rings. The molecule has 4 aromatic rings. The number of esters is 1. The Balaban J connectivity index is 1.36. The second kappa shape index (κ2) is 8.52. The average Bonchev–Trinajstić information content (AvgIpc) is 3.26. The molecule has 5 nitrogen and oxygen atoms in total. The maximum Gasteiger partial charge on any atom is 0.311 e. The summed E-state index contributed by atoms with van der Waals surface area (Å²) >= 11 is 0. The van der Waals surface area contributed by atoms with Gasteiger partial charge in [-0.05, 0) is 35.7 Å². The maximum absolute atomic E-state index is 12.3. The first-order valence-corrected chi connectivity index (χ1v) is 9.42. The number of benzene rings is 3. The fourth-order valence-corrected chi connectivity index (χ4v) is 3.00. The van der Waals surface area contributed by atoms with Crippen molar-refractivity contribution in [3.8, 4) is 22.6 Å². The molecular weight excluding hydrogens is 364 g/mol. The largest absolute Gasteiger partial charge is 0.452 e. The van der Waals surface area contributed by atoms with Crippen LogP contribution in [0.25, 0.3) is 22.6 Å². The van der Waals surface area contributed by atoms with E-state index in [1.807, 2.05) is 72.8 Å². The van der Waals surface area contributed by atoms with Gasteiger partial charge < -0.3 is 9.15 Å². The zero-order valence-electron chi connectivity index (χ0n) is 16.0.